The van der Waals surface area contributed by atoms with Crippen molar-refractivity contribution < 1.29 is 14.3 Å². The molecule has 13 heavy (non-hydrogen) atoms. The van der Waals surface area contributed by atoms with Gasteiger partial charge in [0.15, 0.2) is 5.89 Å². The largest absolute Gasteiger partial charge is 0.481 e. The van der Waals surface area contributed by atoms with E-state index in [0.717, 1.165) is 5.76 Å². The van der Waals surface area contributed by atoms with Crippen molar-refractivity contribution in [1.29, 1.82) is 0 Å². The first kappa shape index (κ1) is 9.77. The van der Waals surface area contributed by atoms with Crippen LogP contribution in [-0.2, 0) is 11.2 Å². The van der Waals surface area contributed by atoms with Gasteiger partial charge in [-0.05, 0) is 0 Å². The number of oxazole rings is 1. The van der Waals surface area contributed by atoms with Crippen molar-refractivity contribution in [3.05, 3.63) is 17.8 Å². The third kappa shape index (κ3) is 2.89. The van der Waals surface area contributed by atoms with E-state index in [4.69, 9.17) is 9.52 Å². The summed E-state index contributed by atoms with van der Waals surface area (Å²) in [4.78, 5) is 14.2. The topological polar surface area (TPSA) is 63.3 Å². The highest BCUT2D eigenvalue weighted by atomic mass is 16.4. The summed E-state index contributed by atoms with van der Waals surface area (Å²) < 4.78 is 5.32. The minimum atomic E-state index is -0.829. The second kappa shape index (κ2) is 4.07. The van der Waals surface area contributed by atoms with E-state index < -0.39 is 5.97 Å². The van der Waals surface area contributed by atoms with Gasteiger partial charge in [0, 0.05) is 12.3 Å². The predicted molar refractivity (Wildman–Crippen MR) is 46.5 cm³/mol. The van der Waals surface area contributed by atoms with Gasteiger partial charge in [-0.3, -0.25) is 4.79 Å². The maximum absolute atomic E-state index is 10.2. The quantitative estimate of drug-likeness (QED) is 0.773. The van der Waals surface area contributed by atoms with Crippen molar-refractivity contribution in [3.8, 4) is 0 Å². The zero-order valence-electron chi connectivity index (χ0n) is 7.78. The second-order valence-corrected chi connectivity index (χ2v) is 3.20. The molecule has 0 atom stereocenters. The molecular formula is C9H13NO3. The first-order valence-corrected chi connectivity index (χ1v) is 4.26. The fourth-order valence-corrected chi connectivity index (χ4v) is 0.921. The van der Waals surface area contributed by atoms with Gasteiger partial charge < -0.3 is 9.52 Å². The summed E-state index contributed by atoms with van der Waals surface area (Å²) in [6.07, 6.45) is 2.09. The van der Waals surface area contributed by atoms with Gasteiger partial charge in [-0.1, -0.05) is 13.8 Å². The minimum absolute atomic E-state index is 0.0675. The fourth-order valence-electron chi connectivity index (χ4n) is 0.921. The molecular weight excluding hydrogens is 170 g/mol. The average Bonchev–Trinajstić information content (AvgIpc) is 2.48. The van der Waals surface area contributed by atoms with E-state index in [1.54, 1.807) is 6.20 Å². The lowest BCUT2D eigenvalue weighted by Gasteiger charge is -1.96. The van der Waals surface area contributed by atoms with Crippen LogP contribution in [0.25, 0.3) is 0 Å². The van der Waals surface area contributed by atoms with E-state index in [9.17, 15) is 4.79 Å². The number of carbonyl (C=O) groups is 1. The van der Waals surface area contributed by atoms with Crippen LogP contribution in [-0.4, -0.2) is 16.1 Å². The van der Waals surface area contributed by atoms with Crippen LogP contribution in [0.2, 0.25) is 0 Å². The Bertz CT molecular complexity index is 291. The molecule has 72 valence electrons. The number of rotatable bonds is 4. The number of carboxylic acids is 1. The van der Waals surface area contributed by atoms with Gasteiger partial charge in [-0.15, -0.1) is 0 Å². The van der Waals surface area contributed by atoms with Crippen LogP contribution in [0.4, 0.5) is 0 Å². The molecule has 0 aliphatic rings. The number of hydrogen-bond acceptors (Lipinski definition) is 3. The Morgan fingerprint density at radius 3 is 2.85 bits per heavy atom. The van der Waals surface area contributed by atoms with E-state index >= 15 is 0 Å². The molecule has 1 aromatic heterocycles. The third-order valence-electron chi connectivity index (χ3n) is 1.69. The van der Waals surface area contributed by atoms with Gasteiger partial charge in [0.2, 0.25) is 0 Å². The highest BCUT2D eigenvalue weighted by Crippen LogP contribution is 2.15. The molecule has 1 N–H and O–H groups in total. The van der Waals surface area contributed by atoms with Crippen molar-refractivity contribution in [2.45, 2.75) is 32.6 Å². The monoisotopic (exact) mass is 183 g/mol. The average molecular weight is 183 g/mol. The van der Waals surface area contributed by atoms with E-state index in [0.29, 0.717) is 18.2 Å². The van der Waals surface area contributed by atoms with Crippen LogP contribution in [0.15, 0.2) is 10.6 Å². The molecule has 0 spiro atoms. The maximum Gasteiger partial charge on any atom is 0.303 e. The van der Waals surface area contributed by atoms with Gasteiger partial charge in [0.05, 0.1) is 12.6 Å². The van der Waals surface area contributed by atoms with Gasteiger partial charge in [-0.25, -0.2) is 4.98 Å². The summed E-state index contributed by atoms with van der Waals surface area (Å²) in [5, 5.41) is 8.42. The second-order valence-electron chi connectivity index (χ2n) is 3.20. The first-order chi connectivity index (χ1) is 6.09. The fraction of sp³-hybridized carbons (Fsp3) is 0.556. The number of aromatic nitrogens is 1. The van der Waals surface area contributed by atoms with Crippen LogP contribution in [0.1, 0.15) is 37.8 Å². The molecule has 0 aliphatic carbocycles. The molecule has 0 fully saturated rings. The maximum atomic E-state index is 10.2. The van der Waals surface area contributed by atoms with Crippen molar-refractivity contribution in [2.24, 2.45) is 0 Å². The Morgan fingerprint density at radius 1 is 1.69 bits per heavy atom. The van der Waals surface area contributed by atoms with Crippen molar-refractivity contribution in [2.75, 3.05) is 0 Å². The van der Waals surface area contributed by atoms with Crippen LogP contribution in [0.3, 0.4) is 0 Å². The smallest absolute Gasteiger partial charge is 0.303 e. The summed E-state index contributed by atoms with van der Waals surface area (Å²) >= 11 is 0. The lowest BCUT2D eigenvalue weighted by molar-refractivity contribution is -0.137. The van der Waals surface area contributed by atoms with Gasteiger partial charge in [-0.2, -0.15) is 0 Å². The van der Waals surface area contributed by atoms with E-state index in [1.807, 2.05) is 13.8 Å². The summed E-state index contributed by atoms with van der Waals surface area (Å²) in [5.41, 5.74) is 0. The number of aryl methyl sites for hydroxylation is 1. The molecule has 1 rings (SSSR count). The van der Waals surface area contributed by atoms with E-state index in [2.05, 4.69) is 4.98 Å². The Hall–Kier alpha value is -1.32. The van der Waals surface area contributed by atoms with Gasteiger partial charge in [0.1, 0.15) is 5.76 Å². The molecule has 0 unspecified atom stereocenters. The summed E-state index contributed by atoms with van der Waals surface area (Å²) in [7, 11) is 0. The van der Waals surface area contributed by atoms with Crippen molar-refractivity contribution >= 4 is 5.97 Å². The van der Waals surface area contributed by atoms with E-state index in [1.165, 1.54) is 0 Å². The highest BCUT2D eigenvalue weighted by Gasteiger charge is 2.08. The standard InChI is InChI=1S/C9H13NO3/c1-6(2)7-5-10-8(13-7)3-4-9(11)12/h5-6H,3-4H2,1-2H3,(H,11,12). The Morgan fingerprint density at radius 2 is 2.38 bits per heavy atom. The highest BCUT2D eigenvalue weighted by molar-refractivity contribution is 5.66. The van der Waals surface area contributed by atoms with Crippen LogP contribution in [0, 0.1) is 0 Å². The molecule has 0 radical (unpaired) electrons. The summed E-state index contributed by atoms with van der Waals surface area (Å²) in [6.45, 7) is 4.00. The zero-order valence-corrected chi connectivity index (χ0v) is 7.78. The Kier molecular flexibility index (Phi) is 3.06. The number of nitrogens with zero attached hydrogens (tertiary/aromatic N) is 1. The zero-order chi connectivity index (χ0) is 9.84. The number of carboxylic acid groups (broad SMARTS) is 1. The molecule has 0 aromatic carbocycles. The Balaban J connectivity index is 2.54. The lowest BCUT2D eigenvalue weighted by atomic mass is 10.2. The lowest BCUT2D eigenvalue weighted by Crippen LogP contribution is -1.97. The molecule has 4 nitrogen and oxygen atoms in total. The summed E-state index contributed by atoms with van der Waals surface area (Å²) in [6, 6.07) is 0. The van der Waals surface area contributed by atoms with Gasteiger partial charge >= 0.3 is 5.97 Å². The molecule has 0 amide bonds. The predicted octanol–water partition coefficient (Wildman–Crippen LogP) is 1.82. The SMILES string of the molecule is CC(C)c1cnc(CCC(=O)O)o1. The van der Waals surface area contributed by atoms with Crippen LogP contribution >= 0.6 is 0 Å². The number of aliphatic carboxylic acids is 1. The van der Waals surface area contributed by atoms with Crippen molar-refractivity contribution in [3.63, 3.8) is 0 Å². The molecule has 4 heteroatoms. The Labute approximate surface area is 76.6 Å². The molecule has 0 bridgehead atoms. The molecule has 0 saturated heterocycles. The van der Waals surface area contributed by atoms with Gasteiger partial charge in [0.25, 0.3) is 0 Å². The van der Waals surface area contributed by atoms with E-state index in [-0.39, 0.29) is 6.42 Å². The molecule has 1 heterocycles. The first-order valence-electron chi connectivity index (χ1n) is 4.26. The minimum Gasteiger partial charge on any atom is -0.481 e. The molecule has 0 saturated carbocycles. The summed E-state index contributed by atoms with van der Waals surface area (Å²) in [5.74, 6) is 0.780. The van der Waals surface area contributed by atoms with Crippen LogP contribution in [0.5, 0.6) is 0 Å². The normalized spacial score (nSPS) is 10.7. The van der Waals surface area contributed by atoms with Crippen molar-refractivity contribution in [1.82, 2.24) is 4.98 Å². The third-order valence-corrected chi connectivity index (χ3v) is 1.69. The molecule has 0 aliphatic heterocycles. The number of hydrogen-bond donors (Lipinski definition) is 1. The van der Waals surface area contributed by atoms with Crippen LogP contribution < -0.4 is 0 Å². The molecule has 1 aromatic rings.